The van der Waals surface area contributed by atoms with Crippen LogP contribution in [0.4, 0.5) is 0 Å². The minimum Gasteiger partial charge on any atom is -0.480 e. The van der Waals surface area contributed by atoms with Crippen molar-refractivity contribution in [2.45, 2.75) is 49.8 Å². The van der Waals surface area contributed by atoms with E-state index in [4.69, 9.17) is 5.11 Å². The van der Waals surface area contributed by atoms with Crippen LogP contribution in [0.5, 0.6) is 0 Å². The second-order valence-electron chi connectivity index (χ2n) is 4.79. The normalized spacial score (nSPS) is 15.8. The number of rotatable bonds is 8. The van der Waals surface area contributed by atoms with Crippen LogP contribution in [0.15, 0.2) is 11.5 Å². The maximum absolute atomic E-state index is 11.8. The third-order valence-electron chi connectivity index (χ3n) is 3.02. The number of hydrogen-bond acceptors (Lipinski definition) is 5. The van der Waals surface area contributed by atoms with Gasteiger partial charge in [-0.1, -0.05) is 25.1 Å². The lowest BCUT2D eigenvalue weighted by molar-refractivity contribution is -0.141. The van der Waals surface area contributed by atoms with Crippen molar-refractivity contribution in [1.82, 2.24) is 20.1 Å². The summed E-state index contributed by atoms with van der Waals surface area (Å²) in [6, 6.07) is -0.350. The molecule has 1 aliphatic rings. The molecule has 1 aromatic rings. The van der Waals surface area contributed by atoms with Gasteiger partial charge in [0, 0.05) is 6.04 Å². The second kappa shape index (κ2) is 6.74. The molecule has 1 aromatic heterocycles. The molecule has 1 fully saturated rings. The van der Waals surface area contributed by atoms with Gasteiger partial charge in [0.25, 0.3) is 0 Å². The fourth-order valence-electron chi connectivity index (χ4n) is 1.85. The summed E-state index contributed by atoms with van der Waals surface area (Å²) in [7, 11) is 0. The molecule has 1 saturated carbocycles. The molecule has 0 aliphatic heterocycles. The molecule has 0 bridgehead atoms. The van der Waals surface area contributed by atoms with Crippen molar-refractivity contribution in [3.05, 3.63) is 6.33 Å². The summed E-state index contributed by atoms with van der Waals surface area (Å²) in [6.45, 7) is 1.88. The highest BCUT2D eigenvalue weighted by Gasteiger charge is 2.26. The molecule has 0 unspecified atom stereocenters. The fourth-order valence-corrected chi connectivity index (χ4v) is 2.64. The topological polar surface area (TPSA) is 97.1 Å². The number of thioether (sulfide) groups is 1. The molecule has 2 N–H and O–H groups in total. The molecule has 0 spiro atoms. The number of amides is 1. The predicted molar refractivity (Wildman–Crippen MR) is 73.5 cm³/mol. The van der Waals surface area contributed by atoms with Crippen molar-refractivity contribution in [3.8, 4) is 0 Å². The maximum atomic E-state index is 11.8. The Bertz CT molecular complexity index is 487. The Morgan fingerprint density at radius 1 is 1.60 bits per heavy atom. The molecule has 0 aromatic carbocycles. The molecule has 7 nitrogen and oxygen atoms in total. The van der Waals surface area contributed by atoms with Crippen molar-refractivity contribution in [1.29, 1.82) is 0 Å². The van der Waals surface area contributed by atoms with E-state index >= 15 is 0 Å². The quantitative estimate of drug-likeness (QED) is 0.697. The van der Waals surface area contributed by atoms with Crippen LogP contribution in [0.3, 0.4) is 0 Å². The SMILES string of the molecule is CCC[C@@H](NC(=O)CSc1nncn1C1CC1)C(=O)O. The van der Waals surface area contributed by atoms with Gasteiger partial charge in [-0.2, -0.15) is 0 Å². The van der Waals surface area contributed by atoms with Crippen LogP contribution in [-0.4, -0.2) is 43.5 Å². The minimum atomic E-state index is -0.994. The molecule has 1 amide bonds. The molecule has 1 atom stereocenters. The van der Waals surface area contributed by atoms with E-state index in [1.54, 1.807) is 6.33 Å². The summed E-state index contributed by atoms with van der Waals surface area (Å²) in [4.78, 5) is 22.7. The van der Waals surface area contributed by atoms with Crippen LogP contribution in [0.25, 0.3) is 0 Å². The zero-order chi connectivity index (χ0) is 14.5. The largest absolute Gasteiger partial charge is 0.480 e. The first kappa shape index (κ1) is 14.8. The molecule has 2 rings (SSSR count). The number of nitrogens with one attached hydrogen (secondary N) is 1. The van der Waals surface area contributed by atoms with Gasteiger partial charge in [-0.25, -0.2) is 4.79 Å². The van der Waals surface area contributed by atoms with E-state index in [2.05, 4.69) is 15.5 Å². The van der Waals surface area contributed by atoms with E-state index in [-0.39, 0.29) is 11.7 Å². The Labute approximate surface area is 121 Å². The molecule has 110 valence electrons. The highest BCUT2D eigenvalue weighted by atomic mass is 32.2. The lowest BCUT2D eigenvalue weighted by atomic mass is 10.2. The summed E-state index contributed by atoms with van der Waals surface area (Å²) >= 11 is 1.29. The Balaban J connectivity index is 1.82. The third-order valence-corrected chi connectivity index (χ3v) is 3.98. The summed E-state index contributed by atoms with van der Waals surface area (Å²) in [5, 5.41) is 20.0. The number of carbonyl (C=O) groups is 2. The van der Waals surface area contributed by atoms with Crippen LogP contribution in [0.2, 0.25) is 0 Å². The highest BCUT2D eigenvalue weighted by Crippen LogP contribution is 2.37. The van der Waals surface area contributed by atoms with E-state index in [0.29, 0.717) is 24.0 Å². The lowest BCUT2D eigenvalue weighted by Crippen LogP contribution is -2.41. The van der Waals surface area contributed by atoms with Gasteiger partial charge in [0.1, 0.15) is 12.4 Å². The van der Waals surface area contributed by atoms with E-state index in [9.17, 15) is 9.59 Å². The molecule has 0 radical (unpaired) electrons. The predicted octanol–water partition coefficient (Wildman–Crippen LogP) is 1.07. The number of hydrogen-bond donors (Lipinski definition) is 2. The fraction of sp³-hybridized carbons (Fsp3) is 0.667. The first-order valence-electron chi connectivity index (χ1n) is 6.66. The van der Waals surface area contributed by atoms with Gasteiger partial charge in [0.2, 0.25) is 5.91 Å². The molecular weight excluding hydrogens is 280 g/mol. The minimum absolute atomic E-state index is 0.152. The van der Waals surface area contributed by atoms with Crippen molar-refractivity contribution < 1.29 is 14.7 Å². The molecule has 1 aliphatic carbocycles. The van der Waals surface area contributed by atoms with Crippen molar-refractivity contribution >= 4 is 23.6 Å². The Hall–Kier alpha value is -1.57. The Morgan fingerprint density at radius 2 is 2.35 bits per heavy atom. The van der Waals surface area contributed by atoms with Crippen LogP contribution in [0, 0.1) is 0 Å². The van der Waals surface area contributed by atoms with Gasteiger partial charge < -0.3 is 15.0 Å². The monoisotopic (exact) mass is 298 g/mol. The molecular formula is C12H18N4O3S. The van der Waals surface area contributed by atoms with Gasteiger partial charge in [0.05, 0.1) is 5.75 Å². The number of nitrogens with zero attached hydrogens (tertiary/aromatic N) is 3. The third kappa shape index (κ3) is 3.96. The summed E-state index contributed by atoms with van der Waals surface area (Å²) in [6.07, 6.45) is 5.06. The Kier molecular flexibility index (Phi) is 4.99. The zero-order valence-corrected chi connectivity index (χ0v) is 12.1. The molecule has 20 heavy (non-hydrogen) atoms. The number of carboxylic acids is 1. The Morgan fingerprint density at radius 3 is 2.95 bits per heavy atom. The van der Waals surface area contributed by atoms with Gasteiger partial charge in [-0.15, -0.1) is 10.2 Å². The van der Waals surface area contributed by atoms with Gasteiger partial charge in [0.15, 0.2) is 5.16 Å². The van der Waals surface area contributed by atoms with E-state index in [0.717, 1.165) is 12.8 Å². The number of aliphatic carboxylic acids is 1. The summed E-state index contributed by atoms with van der Waals surface area (Å²) < 4.78 is 1.97. The van der Waals surface area contributed by atoms with E-state index in [1.165, 1.54) is 11.8 Å². The number of aromatic nitrogens is 3. The lowest BCUT2D eigenvalue weighted by Gasteiger charge is -2.13. The van der Waals surface area contributed by atoms with Gasteiger partial charge in [-0.05, 0) is 19.3 Å². The van der Waals surface area contributed by atoms with Gasteiger partial charge in [-0.3, -0.25) is 4.79 Å². The summed E-state index contributed by atoms with van der Waals surface area (Å²) in [5.74, 6) is -1.13. The molecule has 0 saturated heterocycles. The summed E-state index contributed by atoms with van der Waals surface area (Å²) in [5.41, 5.74) is 0. The standard InChI is InChI=1S/C12H18N4O3S/c1-2-3-9(11(18)19)14-10(17)6-20-12-15-13-7-16(12)8-4-5-8/h7-9H,2-6H2,1H3,(H,14,17)(H,18,19)/t9-/m1/s1. The molecule has 1 heterocycles. The van der Waals surface area contributed by atoms with Crippen molar-refractivity contribution in [3.63, 3.8) is 0 Å². The van der Waals surface area contributed by atoms with E-state index < -0.39 is 12.0 Å². The van der Waals surface area contributed by atoms with Crippen LogP contribution in [0.1, 0.15) is 38.6 Å². The second-order valence-corrected chi connectivity index (χ2v) is 5.73. The number of carboxylic acid groups (broad SMARTS) is 1. The first-order valence-corrected chi connectivity index (χ1v) is 7.64. The zero-order valence-electron chi connectivity index (χ0n) is 11.3. The van der Waals surface area contributed by atoms with Crippen molar-refractivity contribution in [2.75, 3.05) is 5.75 Å². The maximum Gasteiger partial charge on any atom is 0.326 e. The van der Waals surface area contributed by atoms with Gasteiger partial charge >= 0.3 is 5.97 Å². The number of carbonyl (C=O) groups excluding carboxylic acids is 1. The average Bonchev–Trinajstić information content (AvgIpc) is 3.14. The highest BCUT2D eigenvalue weighted by molar-refractivity contribution is 7.99. The van der Waals surface area contributed by atoms with E-state index in [1.807, 2.05) is 11.5 Å². The average molecular weight is 298 g/mol. The van der Waals surface area contributed by atoms with Crippen molar-refractivity contribution in [2.24, 2.45) is 0 Å². The van der Waals surface area contributed by atoms with Crippen LogP contribution in [-0.2, 0) is 9.59 Å². The molecule has 8 heteroatoms. The smallest absolute Gasteiger partial charge is 0.326 e. The first-order chi connectivity index (χ1) is 9.61. The van der Waals surface area contributed by atoms with Crippen LogP contribution >= 0.6 is 11.8 Å². The van der Waals surface area contributed by atoms with Crippen LogP contribution < -0.4 is 5.32 Å².